The zero-order valence-corrected chi connectivity index (χ0v) is 14.9. The summed E-state index contributed by atoms with van der Waals surface area (Å²) < 4.78 is 6.28. The summed E-state index contributed by atoms with van der Waals surface area (Å²) in [6.45, 7) is 14.2. The lowest BCUT2D eigenvalue weighted by Crippen LogP contribution is -2.55. The van der Waals surface area contributed by atoms with Crippen molar-refractivity contribution in [1.82, 2.24) is 0 Å². The topological polar surface area (TPSA) is 9.23 Å². The second-order valence-corrected chi connectivity index (χ2v) is 7.24. The Hall–Kier alpha value is 0.177. The molecule has 1 fully saturated rings. The molecule has 1 nitrogen and oxygen atoms in total. The normalized spacial score (nSPS) is 20.3. The van der Waals surface area contributed by atoms with Crippen molar-refractivity contribution < 1.29 is 4.43 Å². The van der Waals surface area contributed by atoms with Crippen LogP contribution in [0.25, 0.3) is 0 Å². The van der Waals surface area contributed by atoms with Crippen LogP contribution in [-0.2, 0) is 4.43 Å². The van der Waals surface area contributed by atoms with Crippen LogP contribution in [0.15, 0.2) is 0 Å². The first-order valence-corrected chi connectivity index (χ1v) is 8.24. The van der Waals surface area contributed by atoms with Gasteiger partial charge in [0.05, 0.1) is 5.60 Å². The fourth-order valence-corrected chi connectivity index (χ4v) is 5.49. The summed E-state index contributed by atoms with van der Waals surface area (Å²) in [5, 5.41) is 0. The Labute approximate surface area is 111 Å². The zero-order chi connectivity index (χ0) is 13.2. The molecule has 1 saturated carbocycles. The first kappa shape index (κ1) is 15.2. The molecular formula is C15H32OSi. The van der Waals surface area contributed by atoms with Gasteiger partial charge in [0, 0.05) is 0 Å². The van der Waals surface area contributed by atoms with Crippen molar-refractivity contribution in [3.8, 4) is 0 Å². The molecule has 0 heterocycles. The van der Waals surface area contributed by atoms with Gasteiger partial charge in [-0.25, -0.2) is 0 Å². The Morgan fingerprint density at radius 2 is 1.47 bits per heavy atom. The Bertz CT molecular complexity index is 223. The van der Waals surface area contributed by atoms with Crippen molar-refractivity contribution in [2.75, 3.05) is 0 Å². The Balaban J connectivity index is 3.06. The van der Waals surface area contributed by atoms with Gasteiger partial charge in [-0.3, -0.25) is 0 Å². The first-order valence-electron chi connectivity index (χ1n) is 7.43. The van der Waals surface area contributed by atoms with Crippen LogP contribution in [0.1, 0.15) is 60.8 Å². The molecule has 102 valence electrons. The minimum absolute atomic E-state index is 0.117. The third kappa shape index (κ3) is 2.63. The van der Waals surface area contributed by atoms with Crippen molar-refractivity contribution in [3.63, 3.8) is 0 Å². The van der Waals surface area contributed by atoms with E-state index in [-0.39, 0.29) is 5.60 Å². The van der Waals surface area contributed by atoms with Crippen molar-refractivity contribution in [2.24, 2.45) is 29.6 Å². The highest BCUT2D eigenvalue weighted by Crippen LogP contribution is 2.49. The van der Waals surface area contributed by atoms with Gasteiger partial charge >= 0.3 is 0 Å². The van der Waals surface area contributed by atoms with E-state index in [1.165, 1.54) is 19.3 Å². The predicted molar refractivity (Wildman–Crippen MR) is 79.1 cm³/mol. The van der Waals surface area contributed by atoms with Gasteiger partial charge in [0.15, 0.2) is 0 Å². The van der Waals surface area contributed by atoms with Gasteiger partial charge in [-0.2, -0.15) is 0 Å². The first-order chi connectivity index (χ1) is 7.87. The van der Waals surface area contributed by atoms with E-state index in [0.29, 0.717) is 11.8 Å². The third-order valence-electron chi connectivity index (χ3n) is 5.06. The van der Waals surface area contributed by atoms with Gasteiger partial charge in [0.1, 0.15) is 10.5 Å². The van der Waals surface area contributed by atoms with E-state index in [9.17, 15) is 0 Å². The molecule has 0 saturated heterocycles. The molecule has 1 rings (SSSR count). The summed E-state index contributed by atoms with van der Waals surface area (Å²) in [6, 6.07) is 0. The Morgan fingerprint density at radius 3 is 1.65 bits per heavy atom. The molecule has 1 aliphatic carbocycles. The van der Waals surface area contributed by atoms with E-state index in [4.69, 9.17) is 4.43 Å². The summed E-state index contributed by atoms with van der Waals surface area (Å²) in [5.74, 6) is 3.63. The van der Waals surface area contributed by atoms with Crippen LogP contribution in [-0.4, -0.2) is 16.1 Å². The van der Waals surface area contributed by atoms with Crippen LogP contribution in [0, 0.1) is 29.6 Å². The van der Waals surface area contributed by atoms with E-state index < -0.39 is 0 Å². The van der Waals surface area contributed by atoms with Crippen molar-refractivity contribution in [1.29, 1.82) is 0 Å². The molecule has 2 heteroatoms. The van der Waals surface area contributed by atoms with Gasteiger partial charge in [-0.05, 0) is 29.6 Å². The fourth-order valence-electron chi connectivity index (χ4n) is 4.28. The van der Waals surface area contributed by atoms with Gasteiger partial charge < -0.3 is 4.43 Å². The summed E-state index contributed by atoms with van der Waals surface area (Å²) in [4.78, 5) is 0. The average Bonchev–Trinajstić information content (AvgIpc) is 2.13. The number of hydrogen-bond donors (Lipinski definition) is 0. The van der Waals surface area contributed by atoms with Gasteiger partial charge in [0.25, 0.3) is 0 Å². The van der Waals surface area contributed by atoms with Crippen molar-refractivity contribution >= 4 is 10.5 Å². The standard InChI is InChI=1S/C15H32OSi/c1-10(2)14(13-8-7-9-13)15(16-17,11(3)4)12(5)6/h10-14H,7-9H2,1-6,17H3. The Morgan fingerprint density at radius 1 is 1.00 bits per heavy atom. The maximum absolute atomic E-state index is 6.28. The van der Waals surface area contributed by atoms with Crippen molar-refractivity contribution in [2.45, 2.75) is 66.4 Å². The molecule has 0 aromatic carbocycles. The largest absolute Gasteiger partial charge is 0.422 e. The average molecular weight is 257 g/mol. The Kier molecular flexibility index (Phi) is 5.27. The molecule has 0 N–H and O–H groups in total. The van der Waals surface area contributed by atoms with Crippen LogP contribution in [0.3, 0.4) is 0 Å². The van der Waals surface area contributed by atoms with E-state index in [1.807, 2.05) is 0 Å². The van der Waals surface area contributed by atoms with Crippen molar-refractivity contribution in [3.05, 3.63) is 0 Å². The molecule has 0 radical (unpaired) electrons. The quantitative estimate of drug-likeness (QED) is 0.662. The highest BCUT2D eigenvalue weighted by atomic mass is 28.2. The predicted octanol–water partition coefficient (Wildman–Crippen LogP) is 3.41. The molecule has 0 bridgehead atoms. The second-order valence-electron chi connectivity index (χ2n) is 6.83. The summed E-state index contributed by atoms with van der Waals surface area (Å²) in [6.07, 6.45) is 4.28. The molecule has 0 aromatic heterocycles. The highest BCUT2D eigenvalue weighted by molar-refractivity contribution is 5.98. The van der Waals surface area contributed by atoms with Crippen LogP contribution in [0.5, 0.6) is 0 Å². The third-order valence-corrected chi connectivity index (χ3v) is 5.76. The monoisotopic (exact) mass is 256 g/mol. The maximum atomic E-state index is 6.28. The van der Waals surface area contributed by atoms with E-state index in [1.54, 1.807) is 0 Å². The SMILES string of the molecule is CC(C)C(C1CCC1)C(O[SiH3])(C(C)C)C(C)C. The molecule has 17 heavy (non-hydrogen) atoms. The molecule has 0 amide bonds. The minimum Gasteiger partial charge on any atom is -0.422 e. The molecule has 0 aliphatic heterocycles. The van der Waals surface area contributed by atoms with E-state index in [0.717, 1.165) is 28.2 Å². The zero-order valence-electron chi connectivity index (χ0n) is 12.9. The van der Waals surface area contributed by atoms with Gasteiger partial charge in [0.2, 0.25) is 0 Å². The highest BCUT2D eigenvalue weighted by Gasteiger charge is 2.49. The molecule has 0 aromatic rings. The fraction of sp³-hybridized carbons (Fsp3) is 1.00. The number of hydrogen-bond acceptors (Lipinski definition) is 1. The van der Waals surface area contributed by atoms with Crippen LogP contribution in [0.4, 0.5) is 0 Å². The molecule has 1 unspecified atom stereocenters. The van der Waals surface area contributed by atoms with Crippen LogP contribution >= 0.6 is 0 Å². The van der Waals surface area contributed by atoms with Gasteiger partial charge in [-0.15, -0.1) is 0 Å². The minimum atomic E-state index is 0.117. The summed E-state index contributed by atoms with van der Waals surface area (Å²) in [5.41, 5.74) is 0.117. The molecule has 1 aliphatic rings. The molecular weight excluding hydrogens is 224 g/mol. The van der Waals surface area contributed by atoms with E-state index in [2.05, 4.69) is 41.5 Å². The van der Waals surface area contributed by atoms with Gasteiger partial charge in [-0.1, -0.05) is 60.8 Å². The lowest BCUT2D eigenvalue weighted by atomic mass is 9.58. The van der Waals surface area contributed by atoms with Crippen LogP contribution < -0.4 is 0 Å². The van der Waals surface area contributed by atoms with Crippen LogP contribution in [0.2, 0.25) is 0 Å². The molecule has 0 spiro atoms. The lowest BCUT2D eigenvalue weighted by Gasteiger charge is -2.53. The maximum Gasteiger partial charge on any atom is 0.146 e. The smallest absolute Gasteiger partial charge is 0.146 e. The molecule has 1 atom stereocenters. The summed E-state index contributed by atoms with van der Waals surface area (Å²) in [7, 11) is 0.858. The van der Waals surface area contributed by atoms with E-state index >= 15 is 0 Å². The number of rotatable bonds is 6. The summed E-state index contributed by atoms with van der Waals surface area (Å²) >= 11 is 0. The lowest BCUT2D eigenvalue weighted by molar-refractivity contribution is -0.116. The second kappa shape index (κ2) is 5.88.